The molecule has 5 heteroatoms. The average molecular weight is 500 g/mol. The van der Waals surface area contributed by atoms with Crippen molar-refractivity contribution in [1.82, 2.24) is 9.55 Å². The first kappa shape index (κ1) is 18.3. The Morgan fingerprint density at radius 3 is 2.46 bits per heavy atom. The van der Waals surface area contributed by atoms with Crippen LogP contribution in [0.4, 0.5) is 0 Å². The zero-order valence-electron chi connectivity index (χ0n) is 15.3. The zero-order valence-corrected chi connectivity index (χ0v) is 18.5. The summed E-state index contributed by atoms with van der Waals surface area (Å²) in [7, 11) is 0. The Kier molecular flexibility index (Phi) is 4.99. The Morgan fingerprint density at radius 2 is 1.68 bits per heavy atom. The highest BCUT2D eigenvalue weighted by atomic mass is 79.9. The monoisotopic (exact) mass is 498 g/mol. The second-order valence-electron chi connectivity index (χ2n) is 7.36. The van der Waals surface area contributed by atoms with Crippen LogP contribution in [-0.4, -0.2) is 22.8 Å². The first-order chi connectivity index (χ1) is 13.7. The Morgan fingerprint density at radius 1 is 0.929 bits per heavy atom. The van der Waals surface area contributed by atoms with Crippen molar-refractivity contribution in [2.45, 2.75) is 18.9 Å². The highest BCUT2D eigenvalue weighted by Gasteiger charge is 2.30. The van der Waals surface area contributed by atoms with Crippen molar-refractivity contribution in [1.29, 1.82) is 0 Å². The minimum absolute atomic E-state index is 0.246. The molecule has 0 aliphatic carbocycles. The lowest BCUT2D eigenvalue weighted by atomic mass is 9.86. The summed E-state index contributed by atoms with van der Waals surface area (Å²) in [6, 6.07) is 19.8. The van der Waals surface area contributed by atoms with Crippen molar-refractivity contribution in [3.05, 3.63) is 75.3 Å². The molecule has 3 nitrogen and oxygen atoms in total. The third-order valence-electron chi connectivity index (χ3n) is 5.70. The van der Waals surface area contributed by atoms with E-state index in [9.17, 15) is 0 Å². The maximum atomic E-state index is 5.68. The van der Waals surface area contributed by atoms with Gasteiger partial charge in [-0.3, -0.25) is 4.98 Å². The molecular weight excluding hydrogens is 480 g/mol. The predicted octanol–water partition coefficient (Wildman–Crippen LogP) is 6.73. The quantitative estimate of drug-likeness (QED) is 0.312. The number of halogens is 2. The topological polar surface area (TPSA) is 27.1 Å². The number of benzene rings is 2. The second kappa shape index (κ2) is 7.62. The van der Waals surface area contributed by atoms with E-state index in [-0.39, 0.29) is 6.04 Å². The fourth-order valence-electron chi connectivity index (χ4n) is 4.47. The number of pyridine rings is 1. The summed E-state index contributed by atoms with van der Waals surface area (Å²) in [5, 5.41) is 1.19. The van der Waals surface area contributed by atoms with Crippen molar-refractivity contribution in [3.63, 3.8) is 0 Å². The maximum Gasteiger partial charge on any atom is 0.0960 e. The normalized spacial score (nSPS) is 16.6. The lowest BCUT2D eigenvalue weighted by molar-refractivity contribution is 0.0553. The van der Waals surface area contributed by atoms with Gasteiger partial charge in [0.1, 0.15) is 0 Å². The van der Waals surface area contributed by atoms with E-state index in [0.717, 1.165) is 40.5 Å². The van der Waals surface area contributed by atoms with Crippen molar-refractivity contribution >= 4 is 53.8 Å². The summed E-state index contributed by atoms with van der Waals surface area (Å²) in [5.41, 5.74) is 4.78. The molecule has 28 heavy (non-hydrogen) atoms. The molecule has 142 valence electrons. The van der Waals surface area contributed by atoms with Crippen LogP contribution in [0.1, 0.15) is 24.4 Å². The molecule has 1 saturated heterocycles. The van der Waals surface area contributed by atoms with Gasteiger partial charge >= 0.3 is 0 Å². The van der Waals surface area contributed by atoms with Crippen molar-refractivity contribution < 1.29 is 4.74 Å². The van der Waals surface area contributed by atoms with Gasteiger partial charge in [0.2, 0.25) is 0 Å². The van der Waals surface area contributed by atoms with Gasteiger partial charge in [-0.05, 0) is 64.5 Å². The molecule has 1 aliphatic heterocycles. The number of ether oxygens (including phenoxy) is 1. The van der Waals surface area contributed by atoms with Gasteiger partial charge in [-0.25, -0.2) is 0 Å². The van der Waals surface area contributed by atoms with Crippen LogP contribution in [0.2, 0.25) is 0 Å². The minimum Gasteiger partial charge on any atom is -0.381 e. The van der Waals surface area contributed by atoms with Gasteiger partial charge in [0, 0.05) is 33.7 Å². The molecule has 0 saturated carbocycles. The number of fused-ring (bicyclic) bond motifs is 3. The fourth-order valence-corrected chi connectivity index (χ4v) is 5.14. The molecule has 2 aromatic heterocycles. The summed E-state index contributed by atoms with van der Waals surface area (Å²) < 4.78 is 10.3. The summed E-state index contributed by atoms with van der Waals surface area (Å²) in [6.45, 7) is 1.66. The Balaban J connectivity index is 1.84. The zero-order chi connectivity index (χ0) is 19.1. The van der Waals surface area contributed by atoms with Gasteiger partial charge in [-0.15, -0.1) is 0 Å². The second-order valence-corrected chi connectivity index (χ2v) is 9.19. The smallest absolute Gasteiger partial charge is 0.0960 e. The van der Waals surface area contributed by atoms with Crippen LogP contribution >= 0.6 is 31.9 Å². The van der Waals surface area contributed by atoms with Gasteiger partial charge in [0.15, 0.2) is 0 Å². The van der Waals surface area contributed by atoms with Gasteiger partial charge in [-0.1, -0.05) is 46.3 Å². The molecule has 2 aromatic carbocycles. The molecule has 0 radical (unpaired) electrons. The lowest BCUT2D eigenvalue weighted by Crippen LogP contribution is -2.26. The van der Waals surface area contributed by atoms with Crippen LogP contribution in [0.3, 0.4) is 0 Å². The number of hydrogen-bond acceptors (Lipinski definition) is 2. The van der Waals surface area contributed by atoms with E-state index in [2.05, 4.69) is 91.0 Å². The van der Waals surface area contributed by atoms with Crippen LogP contribution in [0.15, 0.2) is 69.7 Å². The molecule has 1 atom stereocenters. The third-order valence-corrected chi connectivity index (χ3v) is 6.63. The van der Waals surface area contributed by atoms with E-state index in [0.29, 0.717) is 5.92 Å². The van der Waals surface area contributed by atoms with Crippen molar-refractivity contribution in [2.24, 2.45) is 5.92 Å². The standard InChI is InChI=1S/C23H20Br2N2O/c24-17-6-7-19-20(12-17)27(21-13-18(25)14-26-22(19)21)23(15-4-2-1-3-5-15)16-8-10-28-11-9-16/h1-7,12-14,16,23H,8-11H2/t23-/m1/s1. The number of hydrogen-bond donors (Lipinski definition) is 0. The largest absolute Gasteiger partial charge is 0.381 e. The van der Waals surface area contributed by atoms with Crippen LogP contribution < -0.4 is 0 Å². The van der Waals surface area contributed by atoms with Crippen LogP contribution in [0.25, 0.3) is 21.9 Å². The van der Waals surface area contributed by atoms with E-state index >= 15 is 0 Å². The van der Waals surface area contributed by atoms with Gasteiger partial charge in [-0.2, -0.15) is 0 Å². The first-order valence-corrected chi connectivity index (χ1v) is 11.2. The Hall–Kier alpha value is -1.69. The Bertz CT molecular complexity index is 1070. The molecule has 4 aromatic rings. The number of rotatable bonds is 3. The predicted molar refractivity (Wildman–Crippen MR) is 121 cm³/mol. The molecule has 0 bridgehead atoms. The fraction of sp³-hybridized carbons (Fsp3) is 0.261. The van der Waals surface area contributed by atoms with E-state index in [1.54, 1.807) is 0 Å². The van der Waals surface area contributed by atoms with E-state index in [1.807, 2.05) is 6.20 Å². The minimum atomic E-state index is 0.246. The van der Waals surface area contributed by atoms with E-state index in [1.165, 1.54) is 22.0 Å². The van der Waals surface area contributed by atoms with E-state index < -0.39 is 0 Å². The summed E-state index contributed by atoms with van der Waals surface area (Å²) in [5.74, 6) is 0.521. The molecule has 3 heterocycles. The van der Waals surface area contributed by atoms with E-state index in [4.69, 9.17) is 9.72 Å². The van der Waals surface area contributed by atoms with Gasteiger partial charge in [0.25, 0.3) is 0 Å². The number of nitrogens with zero attached hydrogens (tertiary/aromatic N) is 2. The molecule has 1 fully saturated rings. The molecular formula is C23H20Br2N2O. The van der Waals surface area contributed by atoms with Crippen molar-refractivity contribution in [3.8, 4) is 0 Å². The lowest BCUT2D eigenvalue weighted by Gasteiger charge is -2.33. The number of aromatic nitrogens is 2. The molecule has 0 unspecified atom stereocenters. The maximum absolute atomic E-state index is 5.68. The van der Waals surface area contributed by atoms with Crippen LogP contribution in [-0.2, 0) is 4.74 Å². The van der Waals surface area contributed by atoms with Crippen LogP contribution in [0, 0.1) is 5.92 Å². The Labute approximate surface area is 181 Å². The van der Waals surface area contributed by atoms with Gasteiger partial charge in [0.05, 0.1) is 22.6 Å². The van der Waals surface area contributed by atoms with Gasteiger partial charge < -0.3 is 9.30 Å². The SMILES string of the molecule is Brc1ccc2c3ncc(Br)cc3n([C@H](c3ccccc3)C3CCOCC3)c2c1. The molecule has 0 N–H and O–H groups in total. The molecule has 0 spiro atoms. The summed E-state index contributed by atoms with van der Waals surface area (Å²) >= 11 is 7.31. The average Bonchev–Trinajstić information content (AvgIpc) is 3.02. The third kappa shape index (κ3) is 3.19. The summed E-state index contributed by atoms with van der Waals surface area (Å²) in [6.07, 6.45) is 4.02. The van der Waals surface area contributed by atoms with Crippen LogP contribution in [0.5, 0.6) is 0 Å². The molecule has 0 amide bonds. The first-order valence-electron chi connectivity index (χ1n) is 9.60. The highest BCUT2D eigenvalue weighted by Crippen LogP contribution is 2.41. The molecule has 5 rings (SSSR count). The molecule has 1 aliphatic rings. The van der Waals surface area contributed by atoms with Crippen molar-refractivity contribution in [2.75, 3.05) is 13.2 Å². The summed E-state index contributed by atoms with van der Waals surface area (Å²) in [4.78, 5) is 4.77. The highest BCUT2D eigenvalue weighted by molar-refractivity contribution is 9.10.